The van der Waals surface area contributed by atoms with Gasteiger partial charge in [-0.3, -0.25) is 0 Å². The molecular formula is C8HF15O3S. The molecule has 1 fully saturated rings. The lowest BCUT2D eigenvalue weighted by Gasteiger charge is -2.56. The summed E-state index contributed by atoms with van der Waals surface area (Å²) in [5, 5.41) is 0. The van der Waals surface area contributed by atoms with Crippen LogP contribution in [0.15, 0.2) is 0 Å². The lowest BCUT2D eigenvalue weighted by molar-refractivity contribution is -0.527. The minimum atomic E-state index is -8.22. The van der Waals surface area contributed by atoms with Crippen molar-refractivity contribution in [1.29, 1.82) is 0 Å². The maximum Gasteiger partial charge on any atom is 0.457 e. The predicted molar refractivity (Wildman–Crippen MR) is 49.9 cm³/mol. The van der Waals surface area contributed by atoms with Crippen LogP contribution >= 0.6 is 0 Å². The van der Waals surface area contributed by atoms with Crippen LogP contribution in [-0.2, 0) is 15.2 Å². The second kappa shape index (κ2) is 5.47. The molecule has 0 unspecified atom stereocenters. The van der Waals surface area contributed by atoms with E-state index in [0.29, 0.717) is 0 Å². The summed E-state index contributed by atoms with van der Waals surface area (Å²) in [6.07, 6.45) is -7.87. The summed E-state index contributed by atoms with van der Waals surface area (Å²) in [5.74, 6) is -48.7. The molecule has 0 aromatic rings. The van der Waals surface area contributed by atoms with E-state index in [1.54, 1.807) is 0 Å². The van der Waals surface area contributed by atoms with Crippen LogP contribution in [0.4, 0.5) is 65.9 Å². The zero-order chi connectivity index (χ0) is 22.3. The monoisotopic (exact) mass is 462 g/mol. The highest BCUT2D eigenvalue weighted by Gasteiger charge is 3.07. The normalized spacial score (nSPS) is 28.1. The largest absolute Gasteiger partial charge is 0.457 e. The fourth-order valence-electron chi connectivity index (χ4n) is 2.11. The van der Waals surface area contributed by atoms with Crippen molar-refractivity contribution >= 4 is 11.0 Å². The Morgan fingerprint density at radius 2 is 0.815 bits per heavy atom. The van der Waals surface area contributed by atoms with Crippen molar-refractivity contribution < 1.29 is 78.5 Å². The van der Waals surface area contributed by atoms with E-state index in [9.17, 15) is 74.3 Å². The summed E-state index contributed by atoms with van der Waals surface area (Å²) in [4.78, 5) is 0. The average molecular weight is 462 g/mol. The van der Waals surface area contributed by atoms with E-state index in [4.69, 9.17) is 0 Å². The molecule has 0 atom stereocenters. The van der Waals surface area contributed by atoms with E-state index in [2.05, 4.69) is 0 Å². The van der Waals surface area contributed by atoms with E-state index >= 15 is 0 Å². The van der Waals surface area contributed by atoms with Gasteiger partial charge in [0.25, 0.3) is 16.6 Å². The van der Waals surface area contributed by atoms with Crippen LogP contribution < -0.4 is 0 Å². The van der Waals surface area contributed by atoms with Gasteiger partial charge >= 0.3 is 41.7 Å². The van der Waals surface area contributed by atoms with Gasteiger partial charge in [-0.25, -0.2) is 12.6 Å². The van der Waals surface area contributed by atoms with Crippen molar-refractivity contribution in [2.24, 2.45) is 0 Å². The maximum atomic E-state index is 13.6. The molecule has 0 amide bonds. The first kappa shape index (κ1) is 23.9. The highest BCUT2D eigenvalue weighted by atomic mass is 32.2. The Kier molecular flexibility index (Phi) is 4.84. The molecule has 1 saturated carbocycles. The predicted octanol–water partition coefficient (Wildman–Crippen LogP) is 3.66. The van der Waals surface area contributed by atoms with Gasteiger partial charge < -0.3 is 0 Å². The molecule has 0 bridgehead atoms. The van der Waals surface area contributed by atoms with Gasteiger partial charge in [-0.05, 0) is 0 Å². The molecule has 1 aliphatic carbocycles. The molecule has 0 aromatic heterocycles. The molecule has 0 aromatic carbocycles. The van der Waals surface area contributed by atoms with Crippen molar-refractivity contribution in [2.45, 2.75) is 47.3 Å². The molecule has 1 rings (SSSR count). The molecular weight excluding hydrogens is 461 g/mol. The van der Waals surface area contributed by atoms with E-state index in [1.165, 1.54) is 0 Å². The molecule has 3 nitrogen and oxygen atoms in total. The lowest BCUT2D eigenvalue weighted by atomic mass is 9.67. The standard InChI is InChI=1S/C8HF15O3S/c9-2(10)1(26-27(24)25,4(13,14)8(21,22)23)3(11,12)6(17,18)7(19,20)5(2,15)16/h27H. The van der Waals surface area contributed by atoms with Crippen molar-refractivity contribution in [1.82, 2.24) is 0 Å². The van der Waals surface area contributed by atoms with Gasteiger partial charge in [0.05, 0.1) is 0 Å². The van der Waals surface area contributed by atoms with E-state index < -0.39 is 58.3 Å². The van der Waals surface area contributed by atoms with Crippen LogP contribution in [0.25, 0.3) is 0 Å². The molecule has 0 radical (unpaired) electrons. The number of rotatable bonds is 3. The Morgan fingerprint density at radius 1 is 0.556 bits per heavy atom. The van der Waals surface area contributed by atoms with Crippen molar-refractivity contribution in [3.05, 3.63) is 0 Å². The maximum absolute atomic E-state index is 13.6. The zero-order valence-electron chi connectivity index (χ0n) is 11.3. The van der Waals surface area contributed by atoms with Gasteiger partial charge in [-0.1, -0.05) is 0 Å². The Balaban J connectivity index is 4.29. The summed E-state index contributed by atoms with van der Waals surface area (Å²) < 4.78 is 219. The summed E-state index contributed by atoms with van der Waals surface area (Å²) in [7, 11) is -5.87. The fourth-order valence-corrected chi connectivity index (χ4v) is 2.68. The molecule has 27 heavy (non-hydrogen) atoms. The smallest absolute Gasteiger partial charge is 0.245 e. The molecule has 0 saturated heterocycles. The number of hydrogen-bond acceptors (Lipinski definition) is 3. The molecule has 0 spiro atoms. The summed E-state index contributed by atoms with van der Waals surface area (Å²) in [6.45, 7) is 0. The SMILES string of the molecule is O=[SH](=O)OC1(C(F)(F)C(F)(F)F)C(F)(F)C(F)(F)C(F)(F)C(F)(F)C1(F)F. The van der Waals surface area contributed by atoms with Crippen LogP contribution in [0.5, 0.6) is 0 Å². The van der Waals surface area contributed by atoms with Crippen LogP contribution in [0.1, 0.15) is 0 Å². The summed E-state index contributed by atoms with van der Waals surface area (Å²) in [5.41, 5.74) is -8.00. The molecule has 162 valence electrons. The third-order valence-corrected chi connectivity index (χ3v) is 3.89. The topological polar surface area (TPSA) is 43.4 Å². The van der Waals surface area contributed by atoms with Crippen LogP contribution in [0.2, 0.25) is 0 Å². The van der Waals surface area contributed by atoms with Gasteiger partial charge in [0.15, 0.2) is 0 Å². The molecule has 1 aliphatic rings. The van der Waals surface area contributed by atoms with E-state index in [-0.39, 0.29) is 0 Å². The van der Waals surface area contributed by atoms with Crippen molar-refractivity contribution in [3.8, 4) is 0 Å². The molecule has 0 heterocycles. The molecule has 19 heteroatoms. The number of thiol groups is 1. The quantitative estimate of drug-likeness (QED) is 0.515. The highest BCUT2D eigenvalue weighted by Crippen LogP contribution is 2.73. The van der Waals surface area contributed by atoms with Gasteiger partial charge in [-0.15, -0.1) is 0 Å². The molecule has 0 aliphatic heterocycles. The van der Waals surface area contributed by atoms with Crippen molar-refractivity contribution in [2.75, 3.05) is 0 Å². The van der Waals surface area contributed by atoms with Gasteiger partial charge in [0.2, 0.25) is 0 Å². The summed E-state index contributed by atoms with van der Waals surface area (Å²) >= 11 is 0. The first-order valence-corrected chi connectivity index (χ1v) is 6.68. The molecule has 0 N–H and O–H groups in total. The first-order valence-electron chi connectivity index (χ1n) is 5.59. The second-order valence-corrected chi connectivity index (χ2v) is 5.57. The third kappa shape index (κ3) is 2.26. The third-order valence-electron chi connectivity index (χ3n) is 3.47. The van der Waals surface area contributed by atoms with Crippen LogP contribution in [-0.4, -0.2) is 55.7 Å². The Bertz CT molecular complexity index is 652. The number of alkyl halides is 15. The Hall–Kier alpha value is -1.14. The second-order valence-electron chi connectivity index (χ2n) is 4.94. The minimum absolute atomic E-state index is 1.96. The number of halogens is 15. The summed E-state index contributed by atoms with van der Waals surface area (Å²) in [6, 6.07) is 0. The highest BCUT2D eigenvalue weighted by molar-refractivity contribution is 7.67. The average Bonchev–Trinajstić information content (AvgIpc) is 2.40. The number of hydrogen-bond donors (Lipinski definition) is 1. The lowest BCUT2D eigenvalue weighted by Crippen LogP contribution is -2.90. The fraction of sp³-hybridized carbons (Fsp3) is 1.00. The first-order chi connectivity index (χ1) is 11.4. The van der Waals surface area contributed by atoms with Crippen LogP contribution in [0.3, 0.4) is 0 Å². The van der Waals surface area contributed by atoms with E-state index in [0.717, 1.165) is 0 Å². The van der Waals surface area contributed by atoms with Gasteiger partial charge in [-0.2, -0.15) is 65.9 Å². The van der Waals surface area contributed by atoms with Gasteiger partial charge in [0.1, 0.15) is 0 Å². The minimum Gasteiger partial charge on any atom is -0.245 e. The zero-order valence-corrected chi connectivity index (χ0v) is 12.2. The van der Waals surface area contributed by atoms with Crippen molar-refractivity contribution in [3.63, 3.8) is 0 Å². The van der Waals surface area contributed by atoms with Gasteiger partial charge in [0, 0.05) is 0 Å². The Morgan fingerprint density at radius 3 is 1.04 bits per heavy atom. The van der Waals surface area contributed by atoms with Crippen LogP contribution in [0, 0.1) is 0 Å². The Labute approximate surface area is 138 Å². The van der Waals surface area contributed by atoms with E-state index in [1.807, 2.05) is 4.18 Å².